The predicted octanol–water partition coefficient (Wildman–Crippen LogP) is 3.88. The maximum atomic E-state index is 13.6. The molecule has 0 unspecified atom stereocenters. The molecule has 3 nitrogen and oxygen atoms in total. The smallest absolute Gasteiger partial charge is 0.181 e. The molecule has 0 saturated carbocycles. The van der Waals surface area contributed by atoms with Crippen molar-refractivity contribution in [1.29, 1.82) is 0 Å². The molecule has 0 spiro atoms. The molecular weight excluding hydrogens is 387 g/mol. The summed E-state index contributed by atoms with van der Waals surface area (Å²) in [5, 5.41) is 4.29. The van der Waals surface area contributed by atoms with Crippen molar-refractivity contribution in [3.8, 4) is 11.4 Å². The zero-order chi connectivity index (χ0) is 14.8. The highest BCUT2D eigenvalue weighted by atomic mass is 127. The van der Waals surface area contributed by atoms with Crippen LogP contribution in [0, 0.1) is 15.2 Å². The Bertz CT molecular complexity index is 769. The lowest BCUT2D eigenvalue weighted by atomic mass is 10.2. The maximum Gasteiger partial charge on any atom is 0.181 e. The Morgan fingerprint density at radius 3 is 2.57 bits per heavy atom. The van der Waals surface area contributed by atoms with Crippen molar-refractivity contribution in [2.75, 3.05) is 0 Å². The average Bonchev–Trinajstić information content (AvgIpc) is 2.92. The van der Waals surface area contributed by atoms with Gasteiger partial charge in [0.05, 0.1) is 6.54 Å². The summed E-state index contributed by atoms with van der Waals surface area (Å²) in [6.45, 7) is 0.140. The van der Waals surface area contributed by atoms with Crippen molar-refractivity contribution >= 4 is 22.6 Å². The molecule has 1 heterocycles. The molecule has 0 aliphatic carbocycles. The Kier molecular flexibility index (Phi) is 3.96. The molecule has 0 N–H and O–H groups in total. The first kappa shape index (κ1) is 14.1. The lowest BCUT2D eigenvalue weighted by Crippen LogP contribution is -2.03. The molecule has 0 atom stereocenters. The second-order valence-corrected chi connectivity index (χ2v) is 5.75. The van der Waals surface area contributed by atoms with E-state index in [1.165, 1.54) is 17.1 Å². The van der Waals surface area contributed by atoms with Crippen LogP contribution in [0.3, 0.4) is 0 Å². The number of benzene rings is 2. The van der Waals surface area contributed by atoms with Gasteiger partial charge in [-0.25, -0.2) is 18.4 Å². The molecule has 0 fully saturated rings. The van der Waals surface area contributed by atoms with Crippen LogP contribution >= 0.6 is 22.6 Å². The van der Waals surface area contributed by atoms with Gasteiger partial charge in [0.25, 0.3) is 0 Å². The standard InChI is InChI=1S/C15H10F2IN3/c16-12-3-6-14(17)11(7-12)8-21-9-19-15(20-21)10-1-4-13(18)5-2-10/h1-7,9H,8H2. The van der Waals surface area contributed by atoms with Gasteiger partial charge in [0.2, 0.25) is 0 Å². The van der Waals surface area contributed by atoms with Gasteiger partial charge in [-0.3, -0.25) is 0 Å². The first-order valence-corrected chi connectivity index (χ1v) is 7.29. The topological polar surface area (TPSA) is 30.7 Å². The first-order valence-electron chi connectivity index (χ1n) is 6.21. The second kappa shape index (κ2) is 5.88. The number of aromatic nitrogens is 3. The highest BCUT2D eigenvalue weighted by Gasteiger charge is 2.08. The van der Waals surface area contributed by atoms with E-state index in [0.29, 0.717) is 5.82 Å². The molecule has 21 heavy (non-hydrogen) atoms. The van der Waals surface area contributed by atoms with E-state index in [0.717, 1.165) is 21.3 Å². The molecule has 0 saturated heterocycles. The minimum Gasteiger partial charge on any atom is -0.248 e. The minimum absolute atomic E-state index is 0.140. The quantitative estimate of drug-likeness (QED) is 0.629. The average molecular weight is 397 g/mol. The summed E-state index contributed by atoms with van der Waals surface area (Å²) >= 11 is 2.22. The van der Waals surface area contributed by atoms with E-state index in [2.05, 4.69) is 32.7 Å². The lowest BCUT2D eigenvalue weighted by molar-refractivity contribution is 0.566. The molecule has 2 aromatic carbocycles. The van der Waals surface area contributed by atoms with Crippen molar-refractivity contribution in [3.05, 3.63) is 69.6 Å². The Hall–Kier alpha value is -1.83. The van der Waals surface area contributed by atoms with Crippen LogP contribution in [0.25, 0.3) is 11.4 Å². The Labute approximate surface area is 133 Å². The van der Waals surface area contributed by atoms with Crippen LogP contribution in [-0.2, 0) is 6.54 Å². The van der Waals surface area contributed by atoms with Gasteiger partial charge in [-0.2, -0.15) is 5.10 Å². The number of nitrogens with zero attached hydrogens (tertiary/aromatic N) is 3. The highest BCUT2D eigenvalue weighted by molar-refractivity contribution is 14.1. The van der Waals surface area contributed by atoms with Crippen molar-refractivity contribution < 1.29 is 8.78 Å². The van der Waals surface area contributed by atoms with Gasteiger partial charge in [0.1, 0.15) is 18.0 Å². The van der Waals surface area contributed by atoms with Crippen molar-refractivity contribution in [1.82, 2.24) is 14.8 Å². The van der Waals surface area contributed by atoms with E-state index in [1.807, 2.05) is 24.3 Å². The highest BCUT2D eigenvalue weighted by Crippen LogP contribution is 2.17. The SMILES string of the molecule is Fc1ccc(F)c(Cn2cnc(-c3ccc(I)cc3)n2)c1. The monoisotopic (exact) mass is 397 g/mol. The van der Waals surface area contributed by atoms with E-state index in [1.54, 1.807) is 0 Å². The molecule has 3 rings (SSSR count). The zero-order valence-corrected chi connectivity index (χ0v) is 13.0. The van der Waals surface area contributed by atoms with Crippen molar-refractivity contribution in [3.63, 3.8) is 0 Å². The number of hydrogen-bond donors (Lipinski definition) is 0. The maximum absolute atomic E-state index is 13.6. The van der Waals surface area contributed by atoms with E-state index in [4.69, 9.17) is 0 Å². The van der Waals surface area contributed by atoms with Gasteiger partial charge >= 0.3 is 0 Å². The second-order valence-electron chi connectivity index (χ2n) is 4.51. The Balaban J connectivity index is 1.85. The van der Waals surface area contributed by atoms with E-state index in [9.17, 15) is 8.78 Å². The molecule has 0 amide bonds. The first-order chi connectivity index (χ1) is 10.1. The number of hydrogen-bond acceptors (Lipinski definition) is 2. The third kappa shape index (κ3) is 3.26. The lowest BCUT2D eigenvalue weighted by Gasteiger charge is -2.03. The molecule has 106 valence electrons. The molecule has 0 bridgehead atoms. The third-order valence-electron chi connectivity index (χ3n) is 2.98. The van der Waals surface area contributed by atoms with E-state index < -0.39 is 11.6 Å². The van der Waals surface area contributed by atoms with Crippen LogP contribution in [0.1, 0.15) is 5.56 Å². The normalized spacial score (nSPS) is 10.8. The summed E-state index contributed by atoms with van der Waals surface area (Å²) in [6, 6.07) is 11.1. The summed E-state index contributed by atoms with van der Waals surface area (Å²) < 4.78 is 29.4. The van der Waals surface area contributed by atoms with Crippen LogP contribution in [0.15, 0.2) is 48.8 Å². The predicted molar refractivity (Wildman–Crippen MR) is 83.6 cm³/mol. The Morgan fingerprint density at radius 2 is 1.81 bits per heavy atom. The molecule has 0 radical (unpaired) electrons. The molecule has 3 aromatic rings. The minimum atomic E-state index is -0.468. The molecule has 1 aromatic heterocycles. The van der Waals surface area contributed by atoms with E-state index >= 15 is 0 Å². The fourth-order valence-corrected chi connectivity index (χ4v) is 2.30. The van der Waals surface area contributed by atoms with Gasteiger partial charge in [-0.15, -0.1) is 0 Å². The van der Waals surface area contributed by atoms with Crippen LogP contribution in [0.2, 0.25) is 0 Å². The van der Waals surface area contributed by atoms with Crippen LogP contribution in [-0.4, -0.2) is 14.8 Å². The van der Waals surface area contributed by atoms with Crippen LogP contribution < -0.4 is 0 Å². The molecule has 6 heteroatoms. The van der Waals surface area contributed by atoms with Gasteiger partial charge in [0, 0.05) is 14.7 Å². The largest absolute Gasteiger partial charge is 0.248 e. The Morgan fingerprint density at radius 1 is 1.05 bits per heavy atom. The number of halogens is 3. The molecule has 0 aliphatic rings. The molecule has 0 aliphatic heterocycles. The van der Waals surface area contributed by atoms with Crippen molar-refractivity contribution in [2.24, 2.45) is 0 Å². The van der Waals surface area contributed by atoms with Gasteiger partial charge in [-0.1, -0.05) is 12.1 Å². The summed E-state index contributed by atoms with van der Waals surface area (Å²) in [6.07, 6.45) is 1.51. The van der Waals surface area contributed by atoms with Gasteiger partial charge < -0.3 is 0 Å². The fourth-order valence-electron chi connectivity index (χ4n) is 1.94. The van der Waals surface area contributed by atoms with Gasteiger partial charge in [-0.05, 0) is 52.9 Å². The third-order valence-corrected chi connectivity index (χ3v) is 3.70. The van der Waals surface area contributed by atoms with Crippen molar-refractivity contribution in [2.45, 2.75) is 6.54 Å². The number of rotatable bonds is 3. The summed E-state index contributed by atoms with van der Waals surface area (Å²) in [4.78, 5) is 4.20. The van der Waals surface area contributed by atoms with Crippen LogP contribution in [0.4, 0.5) is 8.78 Å². The van der Waals surface area contributed by atoms with Gasteiger partial charge in [0.15, 0.2) is 5.82 Å². The van der Waals surface area contributed by atoms with Crippen LogP contribution in [0.5, 0.6) is 0 Å². The summed E-state index contributed by atoms with van der Waals surface area (Å²) in [7, 11) is 0. The summed E-state index contributed by atoms with van der Waals surface area (Å²) in [5.41, 5.74) is 1.13. The molecular formula is C15H10F2IN3. The summed E-state index contributed by atoms with van der Waals surface area (Å²) in [5.74, 6) is -0.365. The fraction of sp³-hybridized carbons (Fsp3) is 0.0667. The zero-order valence-electron chi connectivity index (χ0n) is 10.8. The van der Waals surface area contributed by atoms with E-state index in [-0.39, 0.29) is 12.1 Å².